The zero-order valence-corrected chi connectivity index (χ0v) is 11.6. The molecule has 0 N–H and O–H groups in total. The van der Waals surface area contributed by atoms with Crippen LogP contribution in [0.4, 0.5) is 0 Å². The van der Waals surface area contributed by atoms with Gasteiger partial charge in [0, 0.05) is 45.3 Å². The number of nitrogens with zero attached hydrogens (tertiary/aromatic N) is 3. The molecular formula is C13H18ClN3O. The van der Waals surface area contributed by atoms with Crippen LogP contribution in [0.15, 0.2) is 12.1 Å². The van der Waals surface area contributed by atoms with Crippen molar-refractivity contribution in [3.8, 4) is 0 Å². The minimum Gasteiger partial charge on any atom is -0.340 e. The van der Waals surface area contributed by atoms with Crippen LogP contribution in [0.1, 0.15) is 18.2 Å². The highest BCUT2D eigenvalue weighted by atomic mass is 35.5. The first-order valence-corrected chi connectivity index (χ1v) is 6.53. The van der Waals surface area contributed by atoms with Crippen LogP contribution in [0.5, 0.6) is 0 Å². The lowest BCUT2D eigenvalue weighted by Crippen LogP contribution is -2.47. The zero-order chi connectivity index (χ0) is 13.1. The number of aromatic nitrogens is 1. The van der Waals surface area contributed by atoms with Crippen LogP contribution in [0.3, 0.4) is 0 Å². The van der Waals surface area contributed by atoms with Gasteiger partial charge in [0.2, 0.25) is 5.91 Å². The van der Waals surface area contributed by atoms with Gasteiger partial charge in [-0.1, -0.05) is 11.6 Å². The van der Waals surface area contributed by atoms with Crippen molar-refractivity contribution < 1.29 is 4.79 Å². The molecule has 0 atom stereocenters. The number of carbonyl (C=O) groups excluding carboxylic acids is 1. The van der Waals surface area contributed by atoms with Crippen molar-refractivity contribution in [2.45, 2.75) is 20.4 Å². The van der Waals surface area contributed by atoms with Gasteiger partial charge in [0.1, 0.15) is 5.15 Å². The van der Waals surface area contributed by atoms with Gasteiger partial charge < -0.3 is 4.90 Å². The molecule has 18 heavy (non-hydrogen) atoms. The number of halogens is 1. The van der Waals surface area contributed by atoms with E-state index in [1.165, 1.54) is 5.56 Å². The number of pyridine rings is 1. The van der Waals surface area contributed by atoms with Crippen molar-refractivity contribution in [3.63, 3.8) is 0 Å². The van der Waals surface area contributed by atoms with E-state index >= 15 is 0 Å². The minimum atomic E-state index is 0.164. The van der Waals surface area contributed by atoms with E-state index in [9.17, 15) is 4.79 Å². The Morgan fingerprint density at radius 1 is 1.33 bits per heavy atom. The lowest BCUT2D eigenvalue weighted by molar-refractivity contribution is -0.130. The summed E-state index contributed by atoms with van der Waals surface area (Å²) in [6.07, 6.45) is 0. The highest BCUT2D eigenvalue weighted by Gasteiger charge is 2.18. The number of rotatable bonds is 2. The highest BCUT2D eigenvalue weighted by Crippen LogP contribution is 2.14. The third kappa shape index (κ3) is 3.43. The molecule has 1 saturated heterocycles. The quantitative estimate of drug-likeness (QED) is 0.766. The molecule has 2 rings (SSSR count). The van der Waals surface area contributed by atoms with Gasteiger partial charge in [-0.3, -0.25) is 9.69 Å². The van der Waals surface area contributed by atoms with Crippen LogP contribution in [0.2, 0.25) is 5.15 Å². The number of carbonyl (C=O) groups is 1. The molecular weight excluding hydrogens is 250 g/mol. The molecule has 0 radical (unpaired) electrons. The van der Waals surface area contributed by atoms with Gasteiger partial charge in [-0.05, 0) is 24.6 Å². The molecule has 1 aromatic rings. The summed E-state index contributed by atoms with van der Waals surface area (Å²) in [5, 5.41) is 0.548. The average Bonchev–Trinajstić information content (AvgIpc) is 2.28. The van der Waals surface area contributed by atoms with Crippen molar-refractivity contribution in [3.05, 3.63) is 28.5 Å². The fourth-order valence-electron chi connectivity index (χ4n) is 2.27. The second kappa shape index (κ2) is 5.67. The monoisotopic (exact) mass is 267 g/mol. The molecule has 1 amide bonds. The first kappa shape index (κ1) is 13.3. The highest BCUT2D eigenvalue weighted by molar-refractivity contribution is 6.29. The van der Waals surface area contributed by atoms with Crippen molar-refractivity contribution in [2.75, 3.05) is 26.2 Å². The summed E-state index contributed by atoms with van der Waals surface area (Å²) >= 11 is 5.95. The van der Waals surface area contributed by atoms with Crippen LogP contribution in [0.25, 0.3) is 0 Å². The summed E-state index contributed by atoms with van der Waals surface area (Å²) < 4.78 is 0. The van der Waals surface area contributed by atoms with E-state index in [0.29, 0.717) is 5.15 Å². The fraction of sp³-hybridized carbons (Fsp3) is 0.538. The van der Waals surface area contributed by atoms with Crippen LogP contribution in [-0.4, -0.2) is 46.9 Å². The van der Waals surface area contributed by atoms with E-state index in [2.05, 4.69) is 16.0 Å². The molecule has 0 unspecified atom stereocenters. The molecule has 1 aromatic heterocycles. The number of hydrogen-bond acceptors (Lipinski definition) is 3. The third-order valence-corrected chi connectivity index (χ3v) is 3.40. The summed E-state index contributed by atoms with van der Waals surface area (Å²) in [6, 6.07) is 3.97. The largest absolute Gasteiger partial charge is 0.340 e. The summed E-state index contributed by atoms with van der Waals surface area (Å²) in [7, 11) is 0. The maximum absolute atomic E-state index is 11.2. The van der Waals surface area contributed by atoms with Crippen LogP contribution in [-0.2, 0) is 11.3 Å². The van der Waals surface area contributed by atoms with Crippen molar-refractivity contribution in [1.29, 1.82) is 0 Å². The van der Waals surface area contributed by atoms with Gasteiger partial charge >= 0.3 is 0 Å². The zero-order valence-electron chi connectivity index (χ0n) is 10.8. The van der Waals surface area contributed by atoms with E-state index in [4.69, 9.17) is 11.6 Å². The van der Waals surface area contributed by atoms with Crippen molar-refractivity contribution in [1.82, 2.24) is 14.8 Å². The molecule has 4 nitrogen and oxygen atoms in total. The molecule has 0 saturated carbocycles. The molecule has 5 heteroatoms. The van der Waals surface area contributed by atoms with E-state index in [1.807, 2.05) is 17.9 Å². The number of piperazine rings is 1. The first-order chi connectivity index (χ1) is 8.54. The van der Waals surface area contributed by atoms with Gasteiger partial charge in [-0.2, -0.15) is 0 Å². The number of amides is 1. The Balaban J connectivity index is 1.93. The Labute approximate surface area is 113 Å². The summed E-state index contributed by atoms with van der Waals surface area (Å²) in [4.78, 5) is 19.6. The molecule has 98 valence electrons. The van der Waals surface area contributed by atoms with Crippen LogP contribution < -0.4 is 0 Å². The second-order valence-electron chi connectivity index (χ2n) is 4.72. The van der Waals surface area contributed by atoms with E-state index < -0.39 is 0 Å². The number of aryl methyl sites for hydroxylation is 1. The van der Waals surface area contributed by atoms with Crippen molar-refractivity contribution >= 4 is 17.5 Å². The van der Waals surface area contributed by atoms with E-state index in [1.54, 1.807) is 6.92 Å². The van der Waals surface area contributed by atoms with Gasteiger partial charge in [-0.15, -0.1) is 0 Å². The van der Waals surface area contributed by atoms with Gasteiger partial charge in [0.15, 0.2) is 0 Å². The maximum atomic E-state index is 11.2. The van der Waals surface area contributed by atoms with E-state index in [0.717, 1.165) is 38.4 Å². The summed E-state index contributed by atoms with van der Waals surface area (Å²) in [5.41, 5.74) is 2.13. The Kier molecular flexibility index (Phi) is 4.19. The normalized spacial score (nSPS) is 16.9. The standard InChI is InChI=1S/C13H18ClN3O/c1-10-7-12(8-13(14)15-10)9-16-3-5-17(6-4-16)11(2)18/h7-8H,3-6,9H2,1-2H3. The lowest BCUT2D eigenvalue weighted by atomic mass is 10.2. The molecule has 0 aliphatic carbocycles. The fourth-order valence-corrected chi connectivity index (χ4v) is 2.54. The Hall–Kier alpha value is -1.13. The van der Waals surface area contributed by atoms with E-state index in [-0.39, 0.29) is 5.91 Å². The molecule has 0 bridgehead atoms. The van der Waals surface area contributed by atoms with Crippen molar-refractivity contribution in [2.24, 2.45) is 0 Å². The Morgan fingerprint density at radius 2 is 2.00 bits per heavy atom. The van der Waals surface area contributed by atoms with Crippen LogP contribution in [0, 0.1) is 6.92 Å². The second-order valence-corrected chi connectivity index (χ2v) is 5.11. The summed E-state index contributed by atoms with van der Waals surface area (Å²) in [6.45, 7) is 7.90. The third-order valence-electron chi connectivity index (χ3n) is 3.21. The Morgan fingerprint density at radius 3 is 2.56 bits per heavy atom. The van der Waals surface area contributed by atoms with Gasteiger partial charge in [-0.25, -0.2) is 4.98 Å². The van der Waals surface area contributed by atoms with Gasteiger partial charge in [0.05, 0.1) is 0 Å². The maximum Gasteiger partial charge on any atom is 0.219 e. The predicted molar refractivity (Wildman–Crippen MR) is 71.5 cm³/mol. The smallest absolute Gasteiger partial charge is 0.219 e. The molecule has 0 aromatic carbocycles. The number of hydrogen-bond donors (Lipinski definition) is 0. The minimum absolute atomic E-state index is 0.164. The first-order valence-electron chi connectivity index (χ1n) is 6.15. The molecule has 1 fully saturated rings. The molecule has 2 heterocycles. The Bertz CT molecular complexity index is 422. The molecule has 1 aliphatic rings. The van der Waals surface area contributed by atoms with Gasteiger partial charge in [0.25, 0.3) is 0 Å². The summed E-state index contributed by atoms with van der Waals surface area (Å²) in [5.74, 6) is 0.164. The SMILES string of the molecule is CC(=O)N1CCN(Cc2cc(C)nc(Cl)c2)CC1. The predicted octanol–water partition coefficient (Wildman–Crippen LogP) is 1.71. The van der Waals surface area contributed by atoms with Crippen LogP contribution >= 0.6 is 11.6 Å². The molecule has 1 aliphatic heterocycles. The lowest BCUT2D eigenvalue weighted by Gasteiger charge is -2.34. The molecule has 0 spiro atoms. The topological polar surface area (TPSA) is 36.4 Å². The average molecular weight is 268 g/mol.